The highest BCUT2D eigenvalue weighted by Crippen LogP contribution is 2.45. The van der Waals surface area contributed by atoms with E-state index in [0.29, 0.717) is 22.2 Å². The summed E-state index contributed by atoms with van der Waals surface area (Å²) < 4.78 is 11.7. The summed E-state index contributed by atoms with van der Waals surface area (Å²) in [6, 6.07) is 13.4. The van der Waals surface area contributed by atoms with Gasteiger partial charge in [-0.05, 0) is 67.8 Å². The molecule has 1 atom stereocenters. The Bertz CT molecular complexity index is 1480. The number of ketones is 1. The first-order valence-electron chi connectivity index (χ1n) is 10.7. The van der Waals surface area contributed by atoms with Crippen molar-refractivity contribution < 1.29 is 23.8 Å². The largest absolute Gasteiger partial charge is 0.503 e. The monoisotopic (exact) mass is 474 g/mol. The zero-order valence-electron chi connectivity index (χ0n) is 19.1. The zero-order valence-corrected chi connectivity index (χ0v) is 19.9. The quantitative estimate of drug-likeness (QED) is 0.378. The summed E-state index contributed by atoms with van der Waals surface area (Å²) in [5.74, 6) is -0.581. The van der Waals surface area contributed by atoms with Gasteiger partial charge >= 0.3 is 0 Å². The van der Waals surface area contributed by atoms with Crippen LogP contribution >= 0.6 is 11.3 Å². The maximum absolute atomic E-state index is 13.4. The van der Waals surface area contributed by atoms with Crippen molar-refractivity contribution in [3.05, 3.63) is 88.1 Å². The van der Waals surface area contributed by atoms with Gasteiger partial charge in [-0.2, -0.15) is 0 Å². The van der Waals surface area contributed by atoms with Crippen LogP contribution in [0.5, 0.6) is 5.75 Å². The smallest absolute Gasteiger partial charge is 0.296 e. The predicted octanol–water partition coefficient (Wildman–Crippen LogP) is 5.61. The summed E-state index contributed by atoms with van der Waals surface area (Å²) in [5, 5.41) is 11.3. The molecule has 4 aromatic rings. The highest BCUT2D eigenvalue weighted by atomic mass is 32.1. The number of benzene rings is 2. The maximum atomic E-state index is 13.4. The molecule has 0 radical (unpaired) electrons. The number of carbonyl (C=O) groups excluding carboxylic acids is 2. The number of nitrogens with zero attached hydrogens (tertiary/aromatic N) is 2. The third kappa shape index (κ3) is 3.47. The lowest BCUT2D eigenvalue weighted by Gasteiger charge is -2.24. The second kappa shape index (κ2) is 8.14. The van der Waals surface area contributed by atoms with E-state index >= 15 is 0 Å². The summed E-state index contributed by atoms with van der Waals surface area (Å²) in [5.41, 5.74) is 3.45. The normalized spacial score (nSPS) is 16.1. The van der Waals surface area contributed by atoms with Gasteiger partial charge in [-0.25, -0.2) is 4.98 Å². The van der Waals surface area contributed by atoms with Crippen LogP contribution in [0.2, 0.25) is 0 Å². The van der Waals surface area contributed by atoms with Crippen LogP contribution in [0.25, 0.3) is 10.2 Å². The number of hydrogen-bond donors (Lipinski definition) is 1. The number of thiazole rings is 1. The Morgan fingerprint density at radius 2 is 1.85 bits per heavy atom. The lowest BCUT2D eigenvalue weighted by atomic mass is 9.95. The zero-order chi connectivity index (χ0) is 24.1. The molecule has 1 aliphatic rings. The van der Waals surface area contributed by atoms with Gasteiger partial charge in [0.15, 0.2) is 16.7 Å². The molecular formula is C26H22N2O5S. The van der Waals surface area contributed by atoms with E-state index in [1.54, 1.807) is 50.4 Å². The number of fused-ring (bicyclic) bond motifs is 1. The molecule has 172 valence electrons. The predicted molar refractivity (Wildman–Crippen MR) is 130 cm³/mol. The van der Waals surface area contributed by atoms with Crippen molar-refractivity contribution >= 4 is 38.4 Å². The molecule has 0 aliphatic carbocycles. The molecule has 2 aromatic heterocycles. The fraction of sp³-hybridized carbons (Fsp3) is 0.192. The molecule has 1 N–H and O–H groups in total. The van der Waals surface area contributed by atoms with Crippen LogP contribution in [0.15, 0.2) is 64.3 Å². The molecule has 0 fully saturated rings. The van der Waals surface area contributed by atoms with Gasteiger partial charge in [0.1, 0.15) is 11.5 Å². The molecule has 0 unspecified atom stereocenters. The van der Waals surface area contributed by atoms with E-state index in [1.807, 2.05) is 26.0 Å². The number of aliphatic hydroxyl groups excluding tert-OH is 1. The number of carbonyl (C=O) groups is 2. The van der Waals surface area contributed by atoms with Gasteiger partial charge in [-0.3, -0.25) is 14.5 Å². The van der Waals surface area contributed by atoms with Crippen molar-refractivity contribution in [1.82, 2.24) is 4.98 Å². The molecule has 7 nitrogen and oxygen atoms in total. The van der Waals surface area contributed by atoms with Gasteiger partial charge in [0.2, 0.25) is 5.78 Å². The lowest BCUT2D eigenvalue weighted by molar-refractivity contribution is -0.117. The minimum absolute atomic E-state index is 0.0447. The summed E-state index contributed by atoms with van der Waals surface area (Å²) in [6.45, 7) is 5.70. The number of Topliss-reactive ketones (excluding diaryl/α,β-unsaturated/α-hetero) is 1. The summed E-state index contributed by atoms with van der Waals surface area (Å²) in [6.07, 6.45) is 0. The first-order chi connectivity index (χ1) is 16.3. The molecule has 0 bridgehead atoms. The number of ether oxygens (including phenoxy) is 1. The van der Waals surface area contributed by atoms with Crippen molar-refractivity contribution in [3.63, 3.8) is 0 Å². The Hall–Kier alpha value is -3.91. The summed E-state index contributed by atoms with van der Waals surface area (Å²) in [4.78, 5) is 32.9. The number of aliphatic hydroxyl groups is 1. The molecule has 0 spiro atoms. The number of aryl methyl sites for hydroxylation is 3. The molecule has 2 aromatic carbocycles. The first-order valence-corrected chi connectivity index (χ1v) is 11.5. The highest BCUT2D eigenvalue weighted by molar-refractivity contribution is 7.22. The van der Waals surface area contributed by atoms with E-state index in [9.17, 15) is 14.7 Å². The van der Waals surface area contributed by atoms with Gasteiger partial charge in [0, 0.05) is 0 Å². The van der Waals surface area contributed by atoms with Gasteiger partial charge in [-0.15, -0.1) is 0 Å². The fourth-order valence-corrected chi connectivity index (χ4v) is 5.46. The number of amides is 1. The number of methoxy groups -OCH3 is 1. The first kappa shape index (κ1) is 21.9. The van der Waals surface area contributed by atoms with E-state index in [0.717, 1.165) is 21.3 Å². The van der Waals surface area contributed by atoms with Crippen molar-refractivity contribution in [2.75, 3.05) is 12.0 Å². The molecule has 34 heavy (non-hydrogen) atoms. The van der Waals surface area contributed by atoms with Crippen molar-refractivity contribution in [3.8, 4) is 5.75 Å². The van der Waals surface area contributed by atoms with Gasteiger partial charge in [-0.1, -0.05) is 29.5 Å². The molecular weight excluding hydrogens is 452 g/mol. The molecule has 1 amide bonds. The average molecular weight is 475 g/mol. The second-order valence-corrected chi connectivity index (χ2v) is 9.29. The minimum atomic E-state index is -0.877. The van der Waals surface area contributed by atoms with Crippen LogP contribution in [0.3, 0.4) is 0 Å². The van der Waals surface area contributed by atoms with Crippen molar-refractivity contribution in [2.24, 2.45) is 0 Å². The number of hydrogen-bond acceptors (Lipinski definition) is 7. The van der Waals surface area contributed by atoms with Crippen LogP contribution in [0, 0.1) is 20.8 Å². The Balaban J connectivity index is 1.68. The highest BCUT2D eigenvalue weighted by Gasteiger charge is 2.46. The van der Waals surface area contributed by atoms with Crippen LogP contribution in [0.1, 0.15) is 39.0 Å². The lowest BCUT2D eigenvalue weighted by Crippen LogP contribution is -2.30. The number of aromatic nitrogens is 1. The topological polar surface area (TPSA) is 92.9 Å². The Morgan fingerprint density at radius 3 is 2.50 bits per heavy atom. The van der Waals surface area contributed by atoms with Crippen molar-refractivity contribution in [1.29, 1.82) is 0 Å². The Labute approximate surface area is 199 Å². The van der Waals surface area contributed by atoms with Gasteiger partial charge < -0.3 is 14.3 Å². The third-order valence-corrected chi connectivity index (χ3v) is 6.87. The summed E-state index contributed by atoms with van der Waals surface area (Å²) in [7, 11) is 1.56. The third-order valence-electron chi connectivity index (χ3n) is 5.87. The maximum Gasteiger partial charge on any atom is 0.296 e. The Morgan fingerprint density at radius 1 is 1.12 bits per heavy atom. The SMILES string of the molecule is COc1ccc([C@@H]2C(C(=O)c3ccc(C)o3)=C(O)C(=O)N2c2nc3c(C)cc(C)cc3s2)cc1. The van der Waals surface area contributed by atoms with E-state index in [4.69, 9.17) is 14.1 Å². The number of furan rings is 1. The molecule has 0 saturated heterocycles. The van der Waals surface area contributed by atoms with Crippen LogP contribution in [-0.2, 0) is 4.79 Å². The number of anilines is 1. The fourth-order valence-electron chi connectivity index (χ4n) is 4.29. The Kier molecular flexibility index (Phi) is 5.25. The van der Waals surface area contributed by atoms with Gasteiger partial charge in [0.05, 0.1) is 28.9 Å². The second-order valence-electron chi connectivity index (χ2n) is 8.28. The van der Waals surface area contributed by atoms with Gasteiger partial charge in [0.25, 0.3) is 5.91 Å². The van der Waals surface area contributed by atoms with E-state index in [-0.39, 0.29) is 11.3 Å². The van der Waals surface area contributed by atoms with E-state index in [1.165, 1.54) is 16.2 Å². The molecule has 5 rings (SSSR count). The van der Waals surface area contributed by atoms with Crippen LogP contribution in [-0.4, -0.2) is 28.9 Å². The molecule has 8 heteroatoms. The molecule has 0 saturated carbocycles. The average Bonchev–Trinajstić information content (AvgIpc) is 3.50. The minimum Gasteiger partial charge on any atom is -0.503 e. The van der Waals surface area contributed by atoms with E-state index < -0.39 is 23.5 Å². The van der Waals surface area contributed by atoms with E-state index in [2.05, 4.69) is 0 Å². The van der Waals surface area contributed by atoms with Crippen molar-refractivity contribution in [2.45, 2.75) is 26.8 Å². The van der Waals surface area contributed by atoms with Crippen LogP contribution in [0.4, 0.5) is 5.13 Å². The number of rotatable bonds is 5. The summed E-state index contributed by atoms with van der Waals surface area (Å²) >= 11 is 1.35. The molecule has 1 aliphatic heterocycles. The molecule has 3 heterocycles. The van der Waals surface area contributed by atoms with Crippen LogP contribution < -0.4 is 9.64 Å². The standard InChI is InChI=1S/C26H22N2O5S/c1-13-11-14(2)21-19(12-13)34-26(27-21)28-22(16-6-8-17(32-4)9-7-16)20(24(30)25(28)31)23(29)18-10-5-15(3)33-18/h5-12,22,30H,1-4H3/t22-/m1/s1.